The molecule has 6 aromatic rings. The van der Waals surface area contributed by atoms with Crippen LogP contribution in [0.25, 0.3) is 21.5 Å². The van der Waals surface area contributed by atoms with Gasteiger partial charge in [0.25, 0.3) is 0 Å². The topological polar surface area (TPSA) is 0 Å². The first kappa shape index (κ1) is 38.6. The average molecular weight is 771 g/mol. The van der Waals surface area contributed by atoms with Crippen LogP contribution in [0.2, 0.25) is 0 Å². The number of rotatable bonds is 10. The third-order valence-electron chi connectivity index (χ3n) is 8.66. The van der Waals surface area contributed by atoms with Crippen molar-refractivity contribution in [3.63, 3.8) is 0 Å². The Labute approximate surface area is 305 Å². The Bertz CT molecular complexity index is 1760. The summed E-state index contributed by atoms with van der Waals surface area (Å²) in [5.74, 6) is 0. The van der Waals surface area contributed by atoms with Crippen LogP contribution in [0.5, 0.6) is 0 Å². The molecule has 6 rings (SSSR count). The van der Waals surface area contributed by atoms with E-state index in [1.165, 1.54) is 117 Å². The normalized spacial score (nSPS) is 10.8. The number of benzene rings is 4. The Morgan fingerprint density at radius 1 is 0.521 bits per heavy atom. The van der Waals surface area contributed by atoms with Crippen LogP contribution < -0.4 is 10.4 Å². The molecule has 0 nitrogen and oxygen atoms in total. The summed E-state index contributed by atoms with van der Waals surface area (Å²) in [6, 6.07) is 39.7. The van der Waals surface area contributed by atoms with E-state index in [0.29, 0.717) is 0 Å². The first-order chi connectivity index (χ1) is 23.3. The summed E-state index contributed by atoms with van der Waals surface area (Å²) in [5.41, 5.74) is 7.97. The predicted molar refractivity (Wildman–Crippen MR) is 214 cm³/mol. The second-order valence-electron chi connectivity index (χ2n) is 12.9. The maximum absolute atomic E-state index is 6.32. The molecule has 0 N–H and O–H groups in total. The van der Waals surface area contributed by atoms with Gasteiger partial charge in [0, 0.05) is 0 Å². The van der Waals surface area contributed by atoms with E-state index in [2.05, 4.69) is 139 Å². The fraction of sp³-hybridized carbons (Fsp3) is 0.318. The quantitative estimate of drug-likeness (QED) is 0.0961. The van der Waals surface area contributed by atoms with Crippen molar-refractivity contribution in [2.45, 2.75) is 92.9 Å². The molecule has 0 aliphatic rings. The van der Waals surface area contributed by atoms with E-state index in [9.17, 15) is 0 Å². The fourth-order valence-corrected chi connectivity index (χ4v) is 21.9. The Kier molecular flexibility index (Phi) is 15.9. The van der Waals surface area contributed by atoms with Gasteiger partial charge in [0.2, 0.25) is 0 Å². The molecule has 0 aromatic heterocycles. The summed E-state index contributed by atoms with van der Waals surface area (Å²) >= 11 is -2.26. The van der Waals surface area contributed by atoms with Gasteiger partial charge in [-0.1, -0.05) is 102 Å². The van der Waals surface area contributed by atoms with Crippen LogP contribution in [-0.4, -0.2) is 5.43 Å². The molecule has 0 heterocycles. The van der Waals surface area contributed by atoms with Crippen LogP contribution in [0.3, 0.4) is 0 Å². The molecular weight excluding hydrogens is 719 g/mol. The van der Waals surface area contributed by atoms with Crippen molar-refractivity contribution < 1.29 is 18.0 Å². The van der Waals surface area contributed by atoms with Gasteiger partial charge in [-0.05, 0) is 25.7 Å². The number of hydrogen-bond acceptors (Lipinski definition) is 0. The van der Waals surface area contributed by atoms with Gasteiger partial charge in [-0.15, -0.1) is 56.9 Å². The molecule has 0 spiro atoms. The first-order valence-corrected chi connectivity index (χ1v) is 29.3. The second-order valence-corrected chi connectivity index (χ2v) is 32.1. The van der Waals surface area contributed by atoms with Crippen LogP contribution in [-0.2, 0) is 43.7 Å². The van der Waals surface area contributed by atoms with Gasteiger partial charge in [0.15, 0.2) is 0 Å². The molecule has 0 aliphatic heterocycles. The summed E-state index contributed by atoms with van der Waals surface area (Å²) in [4.78, 5) is 0. The zero-order valence-electron chi connectivity index (χ0n) is 29.8. The molecule has 252 valence electrons. The third-order valence-corrected chi connectivity index (χ3v) is 24.6. The number of fused-ring (bicyclic) bond motifs is 2. The Morgan fingerprint density at radius 2 is 0.896 bits per heavy atom. The fourth-order valence-electron chi connectivity index (χ4n) is 6.65. The minimum absolute atomic E-state index is 0.889. The molecule has 0 bridgehead atoms. The second kappa shape index (κ2) is 19.8. The van der Waals surface area contributed by atoms with Crippen molar-refractivity contribution in [3.05, 3.63) is 143 Å². The molecule has 0 unspecified atom stereocenters. The molecule has 0 amide bonds. The van der Waals surface area contributed by atoms with Crippen LogP contribution in [0.4, 0.5) is 0 Å². The van der Waals surface area contributed by atoms with Gasteiger partial charge in [0.05, 0.1) is 0 Å². The molecule has 0 saturated heterocycles. The first-order valence-electron chi connectivity index (χ1n) is 17.8. The van der Waals surface area contributed by atoms with E-state index < -0.39 is 23.4 Å². The van der Waals surface area contributed by atoms with Crippen molar-refractivity contribution in [2.75, 3.05) is 0 Å². The number of hydrogen-bond donors (Lipinski definition) is 0. The summed E-state index contributed by atoms with van der Waals surface area (Å²) in [7, 11) is 12.6. The standard InChI is InChI=1S/2C16H21.C12H10Si.2ClH.Zr/c2*1-4-6-13-10-14(7-5-2)16-9-12(3)8-15(16)11-13;1-3-7-11(8-4-1)13-12-9-5-2-6-10-12;;;/h2*8-11H,4-7H2,1-3H3;1-10H;2*1H;/q2*-1;;;;+2/p-2. The van der Waals surface area contributed by atoms with E-state index in [4.69, 9.17) is 17.0 Å². The van der Waals surface area contributed by atoms with Crippen molar-refractivity contribution >= 4 is 54.4 Å². The van der Waals surface area contributed by atoms with Crippen LogP contribution >= 0.6 is 17.0 Å². The predicted octanol–water partition coefficient (Wildman–Crippen LogP) is 12.3. The van der Waals surface area contributed by atoms with Gasteiger partial charge in [-0.3, -0.25) is 0 Å². The summed E-state index contributed by atoms with van der Waals surface area (Å²) in [6.07, 6.45) is 9.75. The van der Waals surface area contributed by atoms with E-state index in [1.54, 1.807) is 0 Å². The number of aryl methyl sites for hydroxylation is 6. The molecule has 0 radical (unpaired) electrons. The Hall–Kier alpha value is -2.22. The van der Waals surface area contributed by atoms with Gasteiger partial charge in [0.1, 0.15) is 0 Å². The van der Waals surface area contributed by atoms with E-state index >= 15 is 0 Å². The Morgan fingerprint density at radius 3 is 1.23 bits per heavy atom. The van der Waals surface area contributed by atoms with E-state index in [1.807, 2.05) is 12.1 Å². The molecule has 0 saturated carbocycles. The summed E-state index contributed by atoms with van der Waals surface area (Å²) < 4.78 is 0. The zero-order chi connectivity index (χ0) is 34.5. The van der Waals surface area contributed by atoms with E-state index in [0.717, 1.165) is 0 Å². The molecular formula is C44H52Cl2SiZr-2. The molecule has 4 heteroatoms. The van der Waals surface area contributed by atoms with Crippen molar-refractivity contribution in [2.24, 2.45) is 0 Å². The average Bonchev–Trinajstić information content (AvgIpc) is 3.64. The van der Waals surface area contributed by atoms with Crippen molar-refractivity contribution in [1.82, 2.24) is 0 Å². The zero-order valence-corrected chi connectivity index (χ0v) is 34.8. The summed E-state index contributed by atoms with van der Waals surface area (Å²) in [6.45, 7) is 13.4. The SMILES string of the molecule is CCCc1cc(CCC)c2cc(C)[cH-]c2c1.CCCc1cc(CCC)c2cc(C)[cH-]c2c1.[Cl][Zr]([Cl])=[Si](c1ccccc1)c1ccccc1. The van der Waals surface area contributed by atoms with Crippen LogP contribution in [0.15, 0.2) is 109 Å². The summed E-state index contributed by atoms with van der Waals surface area (Å²) in [5, 5.41) is 8.48. The molecule has 0 atom stereocenters. The molecule has 0 aliphatic carbocycles. The van der Waals surface area contributed by atoms with Gasteiger partial charge < -0.3 is 0 Å². The van der Waals surface area contributed by atoms with E-state index in [-0.39, 0.29) is 0 Å². The van der Waals surface area contributed by atoms with Gasteiger partial charge in [-0.2, -0.15) is 12.1 Å². The molecule has 48 heavy (non-hydrogen) atoms. The van der Waals surface area contributed by atoms with Crippen molar-refractivity contribution in [1.29, 1.82) is 0 Å². The minimum atomic E-state index is -2.26. The van der Waals surface area contributed by atoms with Crippen molar-refractivity contribution in [3.8, 4) is 0 Å². The number of halogens is 2. The maximum atomic E-state index is 6.32. The van der Waals surface area contributed by atoms with Gasteiger partial charge in [-0.25, -0.2) is 0 Å². The monoisotopic (exact) mass is 768 g/mol. The molecule has 6 aromatic carbocycles. The third kappa shape index (κ3) is 10.9. The Balaban J connectivity index is 0.000000163. The molecule has 0 fully saturated rings. The van der Waals surface area contributed by atoms with Crippen LogP contribution in [0, 0.1) is 13.8 Å². The van der Waals surface area contributed by atoms with Crippen LogP contribution in [0.1, 0.15) is 86.8 Å². The van der Waals surface area contributed by atoms with Gasteiger partial charge >= 0.3 is 111 Å².